The number of halogens is 2. The summed E-state index contributed by atoms with van der Waals surface area (Å²) < 4.78 is 40.0. The summed E-state index contributed by atoms with van der Waals surface area (Å²) in [6.07, 6.45) is 2.63. The van der Waals surface area contributed by atoms with Gasteiger partial charge in [-0.1, -0.05) is 18.0 Å². The Morgan fingerprint density at radius 3 is 2.79 bits per heavy atom. The largest absolute Gasteiger partial charge is 0.330 e. The van der Waals surface area contributed by atoms with Gasteiger partial charge < -0.3 is 5.73 Å². The number of nitrogens with two attached hydrogens (primary N) is 1. The molecule has 0 aromatic heterocycles. The first-order chi connectivity index (χ1) is 8.94. The molecule has 1 aliphatic rings. The van der Waals surface area contributed by atoms with Crippen molar-refractivity contribution in [1.29, 1.82) is 0 Å². The number of sulfonamides is 1. The Morgan fingerprint density at radius 2 is 2.16 bits per heavy atom. The molecule has 0 radical (unpaired) electrons. The maximum atomic E-state index is 12.9. The van der Waals surface area contributed by atoms with Gasteiger partial charge in [-0.15, -0.1) is 0 Å². The Labute approximate surface area is 117 Å². The maximum Gasteiger partial charge on any atom is 0.242 e. The van der Waals surface area contributed by atoms with Crippen LogP contribution in [0.3, 0.4) is 0 Å². The predicted molar refractivity (Wildman–Crippen MR) is 71.9 cm³/mol. The number of benzene rings is 1. The molecule has 0 saturated heterocycles. The molecule has 1 fully saturated rings. The van der Waals surface area contributed by atoms with E-state index in [2.05, 4.69) is 4.72 Å². The van der Waals surface area contributed by atoms with Crippen LogP contribution in [0.25, 0.3) is 0 Å². The van der Waals surface area contributed by atoms with Crippen molar-refractivity contribution in [1.82, 2.24) is 4.72 Å². The standard InChI is InChI=1S/C12H16ClFN2O2S/c13-10-6-9(14)4-5-12(10)19(17,18)16-11-3-1-2-8(11)7-15/h4-6,8,11,16H,1-3,7,15H2/t8-,11+/m1/s1. The minimum Gasteiger partial charge on any atom is -0.330 e. The average Bonchev–Trinajstić information content (AvgIpc) is 2.74. The predicted octanol–water partition coefficient (Wildman–Crippen LogP) is 1.88. The van der Waals surface area contributed by atoms with E-state index in [1.165, 1.54) is 6.07 Å². The highest BCUT2D eigenvalue weighted by Gasteiger charge is 2.31. The summed E-state index contributed by atoms with van der Waals surface area (Å²) in [5.74, 6) is -0.418. The SMILES string of the molecule is NC[C@H]1CCC[C@@H]1NS(=O)(=O)c1ccc(F)cc1Cl. The van der Waals surface area contributed by atoms with Crippen molar-refractivity contribution in [2.24, 2.45) is 11.7 Å². The number of rotatable bonds is 4. The van der Waals surface area contributed by atoms with Crippen molar-refractivity contribution in [3.05, 3.63) is 29.0 Å². The lowest BCUT2D eigenvalue weighted by Crippen LogP contribution is -2.39. The molecule has 0 bridgehead atoms. The molecular formula is C12H16ClFN2O2S. The highest BCUT2D eigenvalue weighted by Crippen LogP contribution is 2.28. The van der Waals surface area contributed by atoms with Gasteiger partial charge >= 0.3 is 0 Å². The van der Waals surface area contributed by atoms with Crippen molar-refractivity contribution in [3.63, 3.8) is 0 Å². The molecule has 0 aliphatic heterocycles. The van der Waals surface area contributed by atoms with Crippen LogP contribution in [0.15, 0.2) is 23.1 Å². The van der Waals surface area contributed by atoms with Crippen LogP contribution in [0.2, 0.25) is 5.02 Å². The Hall–Kier alpha value is -0.690. The van der Waals surface area contributed by atoms with Crippen LogP contribution in [0.1, 0.15) is 19.3 Å². The van der Waals surface area contributed by atoms with Gasteiger partial charge in [-0.25, -0.2) is 17.5 Å². The van der Waals surface area contributed by atoms with Gasteiger partial charge in [0.2, 0.25) is 10.0 Å². The molecule has 106 valence electrons. The summed E-state index contributed by atoms with van der Waals surface area (Å²) in [5.41, 5.74) is 5.62. The molecule has 2 rings (SSSR count). The van der Waals surface area contributed by atoms with Crippen LogP contribution >= 0.6 is 11.6 Å². The van der Waals surface area contributed by atoms with Gasteiger partial charge in [0.05, 0.1) is 5.02 Å². The molecule has 1 aromatic carbocycles. The quantitative estimate of drug-likeness (QED) is 0.892. The second kappa shape index (κ2) is 5.75. The lowest BCUT2D eigenvalue weighted by atomic mass is 10.1. The molecule has 1 aromatic rings. The van der Waals surface area contributed by atoms with Crippen molar-refractivity contribution < 1.29 is 12.8 Å². The van der Waals surface area contributed by atoms with Crippen molar-refractivity contribution in [3.8, 4) is 0 Å². The fourth-order valence-corrected chi connectivity index (χ4v) is 4.30. The van der Waals surface area contributed by atoms with Crippen LogP contribution in [0.5, 0.6) is 0 Å². The van der Waals surface area contributed by atoms with E-state index in [9.17, 15) is 12.8 Å². The first kappa shape index (κ1) is 14.7. The average molecular weight is 307 g/mol. The number of hydrogen-bond donors (Lipinski definition) is 2. The third-order valence-corrected chi connectivity index (χ3v) is 5.42. The first-order valence-corrected chi connectivity index (χ1v) is 7.97. The minimum absolute atomic E-state index is 0.0989. The van der Waals surface area contributed by atoms with E-state index in [1.54, 1.807) is 0 Å². The Morgan fingerprint density at radius 1 is 1.42 bits per heavy atom. The summed E-state index contributed by atoms with van der Waals surface area (Å²) >= 11 is 5.79. The van der Waals surface area contributed by atoms with E-state index in [-0.39, 0.29) is 21.9 Å². The lowest BCUT2D eigenvalue weighted by molar-refractivity contribution is 0.453. The van der Waals surface area contributed by atoms with Crippen LogP contribution in [0, 0.1) is 11.7 Å². The van der Waals surface area contributed by atoms with Crippen LogP contribution in [0.4, 0.5) is 4.39 Å². The van der Waals surface area contributed by atoms with Gasteiger partial charge in [0.1, 0.15) is 10.7 Å². The molecular weight excluding hydrogens is 291 g/mol. The van der Waals surface area contributed by atoms with E-state index >= 15 is 0 Å². The van der Waals surface area contributed by atoms with Gasteiger partial charge in [0.15, 0.2) is 0 Å². The van der Waals surface area contributed by atoms with Gasteiger partial charge in [0, 0.05) is 6.04 Å². The zero-order chi connectivity index (χ0) is 14.0. The molecule has 0 heterocycles. The smallest absolute Gasteiger partial charge is 0.242 e. The Kier molecular flexibility index (Phi) is 4.45. The highest BCUT2D eigenvalue weighted by atomic mass is 35.5. The maximum absolute atomic E-state index is 12.9. The molecule has 7 heteroatoms. The van der Waals surface area contributed by atoms with Crippen LogP contribution in [-0.4, -0.2) is 21.0 Å². The third kappa shape index (κ3) is 3.25. The lowest BCUT2D eigenvalue weighted by Gasteiger charge is -2.19. The molecule has 1 aliphatic carbocycles. The van der Waals surface area contributed by atoms with E-state index in [0.717, 1.165) is 31.4 Å². The molecule has 2 atom stereocenters. The van der Waals surface area contributed by atoms with Gasteiger partial charge in [-0.2, -0.15) is 0 Å². The molecule has 1 saturated carbocycles. The van der Waals surface area contributed by atoms with Crippen molar-refractivity contribution >= 4 is 21.6 Å². The highest BCUT2D eigenvalue weighted by molar-refractivity contribution is 7.89. The summed E-state index contributed by atoms with van der Waals surface area (Å²) in [6.45, 7) is 0.449. The number of hydrogen-bond acceptors (Lipinski definition) is 3. The normalized spacial score (nSPS) is 23.7. The fourth-order valence-electron chi connectivity index (χ4n) is 2.43. The van der Waals surface area contributed by atoms with Crippen LogP contribution in [-0.2, 0) is 10.0 Å². The minimum atomic E-state index is -3.74. The van der Waals surface area contributed by atoms with Crippen LogP contribution < -0.4 is 10.5 Å². The molecule has 0 unspecified atom stereocenters. The number of nitrogens with one attached hydrogen (secondary N) is 1. The second-order valence-electron chi connectivity index (χ2n) is 4.73. The molecule has 3 N–H and O–H groups in total. The topological polar surface area (TPSA) is 72.2 Å². The van der Waals surface area contributed by atoms with E-state index in [1.807, 2.05) is 0 Å². The van der Waals surface area contributed by atoms with Gasteiger partial charge in [-0.05, 0) is 43.5 Å². The summed E-state index contributed by atoms with van der Waals surface area (Å²) in [7, 11) is -3.74. The molecule has 0 amide bonds. The Bertz CT molecular complexity index is 565. The first-order valence-electron chi connectivity index (χ1n) is 6.11. The second-order valence-corrected chi connectivity index (χ2v) is 6.82. The Balaban J connectivity index is 2.23. The zero-order valence-electron chi connectivity index (χ0n) is 10.3. The van der Waals surface area contributed by atoms with E-state index < -0.39 is 15.8 Å². The molecule has 4 nitrogen and oxygen atoms in total. The van der Waals surface area contributed by atoms with Crippen molar-refractivity contribution in [2.45, 2.75) is 30.2 Å². The zero-order valence-corrected chi connectivity index (χ0v) is 11.8. The monoisotopic (exact) mass is 306 g/mol. The third-order valence-electron chi connectivity index (χ3n) is 3.45. The summed E-state index contributed by atoms with van der Waals surface area (Å²) in [6, 6.07) is 3.07. The molecule has 0 spiro atoms. The van der Waals surface area contributed by atoms with Gasteiger partial charge in [0.25, 0.3) is 0 Å². The van der Waals surface area contributed by atoms with E-state index in [0.29, 0.717) is 6.54 Å². The molecule has 19 heavy (non-hydrogen) atoms. The summed E-state index contributed by atoms with van der Waals surface area (Å²) in [4.78, 5) is -0.0989. The summed E-state index contributed by atoms with van der Waals surface area (Å²) in [5, 5.41) is -0.116. The van der Waals surface area contributed by atoms with E-state index in [4.69, 9.17) is 17.3 Å². The fraction of sp³-hybridized carbons (Fsp3) is 0.500. The van der Waals surface area contributed by atoms with Gasteiger partial charge in [-0.3, -0.25) is 0 Å². The van der Waals surface area contributed by atoms with Crippen molar-refractivity contribution in [2.75, 3.05) is 6.54 Å².